The van der Waals surface area contributed by atoms with Gasteiger partial charge in [-0.25, -0.2) is 8.42 Å². The van der Waals surface area contributed by atoms with E-state index in [1.807, 2.05) is 0 Å². The first-order valence-corrected chi connectivity index (χ1v) is 10.9. The highest BCUT2D eigenvalue weighted by atomic mass is 35.5. The average Bonchev–Trinajstić information content (AvgIpc) is 2.68. The van der Waals surface area contributed by atoms with Crippen LogP contribution in [0.25, 0.3) is 0 Å². The van der Waals surface area contributed by atoms with E-state index in [4.69, 9.17) is 11.6 Å². The van der Waals surface area contributed by atoms with Gasteiger partial charge in [-0.3, -0.25) is 9.59 Å². The first-order valence-electron chi connectivity index (χ1n) is 9.09. The van der Waals surface area contributed by atoms with E-state index in [0.717, 1.165) is 12.8 Å². The summed E-state index contributed by atoms with van der Waals surface area (Å²) < 4.78 is 26.9. The summed E-state index contributed by atoms with van der Waals surface area (Å²) in [5.41, 5.74) is 0. The fourth-order valence-electron chi connectivity index (χ4n) is 3.63. The number of halogens is 1. The molecule has 0 aromatic heterocycles. The molecule has 2 fully saturated rings. The molecule has 0 bridgehead atoms. The third kappa shape index (κ3) is 4.44. The number of nitrogens with zero attached hydrogens (tertiary/aromatic N) is 3. The van der Waals surface area contributed by atoms with Crippen LogP contribution in [0.2, 0.25) is 5.02 Å². The second-order valence-electron chi connectivity index (χ2n) is 6.99. The van der Waals surface area contributed by atoms with Gasteiger partial charge in [-0.1, -0.05) is 11.6 Å². The maximum Gasteiger partial charge on any atom is 0.243 e. The lowest BCUT2D eigenvalue weighted by Crippen LogP contribution is -2.53. The van der Waals surface area contributed by atoms with Crippen molar-refractivity contribution in [2.75, 3.05) is 39.3 Å². The minimum atomic E-state index is -3.59. The van der Waals surface area contributed by atoms with Gasteiger partial charge in [-0.15, -0.1) is 0 Å². The van der Waals surface area contributed by atoms with Gasteiger partial charge in [0.05, 0.1) is 10.8 Å². The number of rotatable bonds is 3. The maximum atomic E-state index is 12.8. The highest BCUT2D eigenvalue weighted by molar-refractivity contribution is 7.89. The number of piperazine rings is 1. The number of hydrogen-bond acceptors (Lipinski definition) is 4. The monoisotopic (exact) mass is 413 g/mol. The van der Waals surface area contributed by atoms with Gasteiger partial charge in [0.2, 0.25) is 21.8 Å². The van der Waals surface area contributed by atoms with Gasteiger partial charge in [0, 0.05) is 51.2 Å². The Bertz CT molecular complexity index is 804. The lowest BCUT2D eigenvalue weighted by atomic mass is 9.96. The van der Waals surface area contributed by atoms with Gasteiger partial charge >= 0.3 is 0 Å². The van der Waals surface area contributed by atoms with Crippen molar-refractivity contribution in [3.05, 3.63) is 29.3 Å². The molecule has 1 aromatic carbocycles. The van der Waals surface area contributed by atoms with E-state index in [2.05, 4.69) is 0 Å². The predicted molar refractivity (Wildman–Crippen MR) is 102 cm³/mol. The highest BCUT2D eigenvalue weighted by Crippen LogP contribution is 2.23. The van der Waals surface area contributed by atoms with Crippen molar-refractivity contribution >= 4 is 33.4 Å². The Morgan fingerprint density at radius 1 is 1.00 bits per heavy atom. The number of carbonyl (C=O) groups excluding carboxylic acids is 2. The van der Waals surface area contributed by atoms with Crippen LogP contribution in [0.3, 0.4) is 0 Å². The molecule has 0 unspecified atom stereocenters. The molecule has 0 radical (unpaired) electrons. The summed E-state index contributed by atoms with van der Waals surface area (Å²) >= 11 is 5.83. The lowest BCUT2D eigenvalue weighted by Gasteiger charge is -2.38. The number of likely N-dealkylation sites (tertiary alicyclic amines) is 1. The molecule has 1 atom stereocenters. The Morgan fingerprint density at radius 3 is 2.22 bits per heavy atom. The van der Waals surface area contributed by atoms with Crippen LogP contribution in [0.4, 0.5) is 0 Å². The fourth-order valence-corrected chi connectivity index (χ4v) is 5.18. The first-order chi connectivity index (χ1) is 12.8. The maximum absolute atomic E-state index is 12.8. The Kier molecular flexibility index (Phi) is 6.08. The summed E-state index contributed by atoms with van der Waals surface area (Å²) in [6.45, 7) is 3.93. The number of piperidine rings is 1. The quantitative estimate of drug-likeness (QED) is 0.751. The Morgan fingerprint density at radius 2 is 1.63 bits per heavy atom. The van der Waals surface area contributed by atoms with Crippen LogP contribution in [-0.4, -0.2) is 73.6 Å². The zero-order chi connectivity index (χ0) is 19.6. The van der Waals surface area contributed by atoms with E-state index >= 15 is 0 Å². The van der Waals surface area contributed by atoms with Crippen molar-refractivity contribution in [2.45, 2.75) is 24.7 Å². The standard InChI is InChI=1S/C18H24ClN3O4S/c1-14(23)21-8-2-3-15(13-21)18(24)20-9-11-22(12-10-20)27(25,26)17-6-4-16(19)5-7-17/h4-7,15H,2-3,8-13H2,1H3/t15-/m0/s1. The van der Waals surface area contributed by atoms with Gasteiger partial charge in [-0.2, -0.15) is 4.31 Å². The molecule has 2 aliphatic heterocycles. The molecule has 2 saturated heterocycles. The van der Waals surface area contributed by atoms with E-state index < -0.39 is 10.0 Å². The zero-order valence-electron chi connectivity index (χ0n) is 15.3. The number of sulfonamides is 1. The van der Waals surface area contributed by atoms with Gasteiger partial charge in [0.1, 0.15) is 0 Å². The molecule has 7 nitrogen and oxygen atoms in total. The second-order valence-corrected chi connectivity index (χ2v) is 9.36. The predicted octanol–water partition coefficient (Wildman–Crippen LogP) is 1.43. The van der Waals surface area contributed by atoms with Crippen molar-refractivity contribution in [3.8, 4) is 0 Å². The summed E-state index contributed by atoms with van der Waals surface area (Å²) in [5, 5.41) is 0.483. The van der Waals surface area contributed by atoms with Crippen LogP contribution in [0.5, 0.6) is 0 Å². The van der Waals surface area contributed by atoms with Crippen molar-refractivity contribution in [2.24, 2.45) is 5.92 Å². The first kappa shape index (κ1) is 20.1. The van der Waals surface area contributed by atoms with Gasteiger partial charge in [-0.05, 0) is 37.1 Å². The second kappa shape index (κ2) is 8.16. The molecule has 9 heteroatoms. The van der Waals surface area contributed by atoms with E-state index in [1.165, 1.54) is 23.4 Å². The van der Waals surface area contributed by atoms with Crippen LogP contribution >= 0.6 is 11.6 Å². The molecule has 1 aromatic rings. The normalized spacial score (nSPS) is 21.9. The molecule has 0 N–H and O–H groups in total. The Hall–Kier alpha value is -1.64. The SMILES string of the molecule is CC(=O)N1CCC[C@H](C(=O)N2CCN(S(=O)(=O)c3ccc(Cl)cc3)CC2)C1. The van der Waals surface area contributed by atoms with Crippen LogP contribution in [0, 0.1) is 5.92 Å². The zero-order valence-corrected chi connectivity index (χ0v) is 16.9. The molecule has 2 aliphatic rings. The Balaban J connectivity index is 1.60. The van der Waals surface area contributed by atoms with E-state index in [0.29, 0.717) is 31.2 Å². The molecule has 2 heterocycles. The molecule has 27 heavy (non-hydrogen) atoms. The number of carbonyl (C=O) groups is 2. The molecule has 0 saturated carbocycles. The number of benzene rings is 1. The summed E-state index contributed by atoms with van der Waals surface area (Å²) in [4.78, 5) is 28.0. The number of amides is 2. The fraction of sp³-hybridized carbons (Fsp3) is 0.556. The third-order valence-corrected chi connectivity index (χ3v) is 7.38. The molecule has 3 rings (SSSR count). The summed E-state index contributed by atoms with van der Waals surface area (Å²) in [6.07, 6.45) is 1.59. The van der Waals surface area contributed by atoms with Crippen molar-refractivity contribution in [1.29, 1.82) is 0 Å². The molecule has 0 aliphatic carbocycles. The van der Waals surface area contributed by atoms with Crippen molar-refractivity contribution in [3.63, 3.8) is 0 Å². The smallest absolute Gasteiger partial charge is 0.243 e. The molecule has 148 valence electrons. The van der Waals surface area contributed by atoms with Crippen LogP contribution < -0.4 is 0 Å². The summed E-state index contributed by atoms with van der Waals surface area (Å²) in [5.74, 6) is -0.182. The third-order valence-electron chi connectivity index (χ3n) is 5.22. The molecular weight excluding hydrogens is 390 g/mol. The minimum Gasteiger partial charge on any atom is -0.342 e. The van der Waals surface area contributed by atoms with Crippen molar-refractivity contribution in [1.82, 2.24) is 14.1 Å². The number of hydrogen-bond donors (Lipinski definition) is 0. The van der Waals surface area contributed by atoms with Crippen molar-refractivity contribution < 1.29 is 18.0 Å². The summed E-state index contributed by atoms with van der Waals surface area (Å²) in [6, 6.07) is 6.09. The highest BCUT2D eigenvalue weighted by Gasteiger charge is 2.34. The topological polar surface area (TPSA) is 78.0 Å². The van der Waals surface area contributed by atoms with Gasteiger partial charge in [0.25, 0.3) is 0 Å². The minimum absolute atomic E-state index is 0.00798. The molecule has 2 amide bonds. The van der Waals surface area contributed by atoms with E-state index in [-0.39, 0.29) is 35.7 Å². The van der Waals surface area contributed by atoms with Crippen LogP contribution in [-0.2, 0) is 19.6 Å². The van der Waals surface area contributed by atoms with Gasteiger partial charge in [0.15, 0.2) is 0 Å². The average molecular weight is 414 g/mol. The van der Waals surface area contributed by atoms with Crippen LogP contribution in [0.1, 0.15) is 19.8 Å². The van der Waals surface area contributed by atoms with E-state index in [1.54, 1.807) is 21.9 Å². The molecule has 0 spiro atoms. The molecular formula is C18H24ClN3O4S. The largest absolute Gasteiger partial charge is 0.342 e. The van der Waals surface area contributed by atoms with Gasteiger partial charge < -0.3 is 9.80 Å². The summed E-state index contributed by atoms with van der Waals surface area (Å²) in [7, 11) is -3.59. The lowest BCUT2D eigenvalue weighted by molar-refractivity contribution is -0.141. The van der Waals surface area contributed by atoms with E-state index in [9.17, 15) is 18.0 Å². The van der Waals surface area contributed by atoms with Crippen LogP contribution in [0.15, 0.2) is 29.2 Å². The Labute approximate surface area is 164 Å².